The van der Waals surface area contributed by atoms with Gasteiger partial charge in [-0.15, -0.1) is 0 Å². The van der Waals surface area contributed by atoms with Gasteiger partial charge in [0.05, 0.1) is 6.61 Å². The predicted molar refractivity (Wildman–Crippen MR) is 64.9 cm³/mol. The Morgan fingerprint density at radius 2 is 2.00 bits per heavy atom. The molecule has 0 saturated carbocycles. The lowest BCUT2D eigenvalue weighted by Gasteiger charge is -2.07. The first kappa shape index (κ1) is 14.2. The Kier molecular flexibility index (Phi) is 5.86. The van der Waals surface area contributed by atoms with Gasteiger partial charge in [-0.05, 0) is 6.92 Å². The summed E-state index contributed by atoms with van der Waals surface area (Å²) in [4.78, 5) is 26.7. The van der Waals surface area contributed by atoms with E-state index in [9.17, 15) is 9.59 Å². The fourth-order valence-corrected chi connectivity index (χ4v) is 1.36. The van der Waals surface area contributed by atoms with Crippen LogP contribution in [0.5, 0.6) is 0 Å². The zero-order valence-corrected chi connectivity index (χ0v) is 10.6. The van der Waals surface area contributed by atoms with Crippen LogP contribution in [-0.4, -0.2) is 48.2 Å². The zero-order chi connectivity index (χ0) is 13.4. The van der Waals surface area contributed by atoms with Crippen molar-refractivity contribution in [2.45, 2.75) is 13.5 Å². The number of hydrogen-bond donors (Lipinski definition) is 2. The highest BCUT2D eigenvalue weighted by Crippen LogP contribution is 1.93. The van der Waals surface area contributed by atoms with Gasteiger partial charge in [-0.1, -0.05) is 0 Å². The number of aryl methyl sites for hydroxylation is 1. The number of methoxy groups -OCH3 is 1. The summed E-state index contributed by atoms with van der Waals surface area (Å²) in [7, 11) is 1.53. The second-order valence-corrected chi connectivity index (χ2v) is 3.67. The number of carbonyl (C=O) groups excluding carboxylic acids is 2. The standard InChI is InChI=1S/C11H18N4O3/c1-9-12-3-6-15(9)7-4-13-10(16)11(17)14-5-8-18-2/h3,6H,4-5,7-8H2,1-2H3,(H,13,16)(H,14,17). The van der Waals surface area contributed by atoms with Gasteiger partial charge in [-0.2, -0.15) is 0 Å². The van der Waals surface area contributed by atoms with E-state index in [2.05, 4.69) is 15.6 Å². The van der Waals surface area contributed by atoms with Crippen molar-refractivity contribution in [3.63, 3.8) is 0 Å². The number of nitrogens with one attached hydrogen (secondary N) is 2. The quantitative estimate of drug-likeness (QED) is 0.507. The Morgan fingerprint density at radius 1 is 1.33 bits per heavy atom. The highest BCUT2D eigenvalue weighted by Gasteiger charge is 2.11. The third-order valence-electron chi connectivity index (χ3n) is 2.36. The molecule has 1 heterocycles. The molecule has 0 saturated heterocycles. The smallest absolute Gasteiger partial charge is 0.309 e. The minimum absolute atomic E-state index is 0.323. The Morgan fingerprint density at radius 3 is 2.56 bits per heavy atom. The summed E-state index contributed by atoms with van der Waals surface area (Å²) in [6.07, 6.45) is 3.51. The summed E-state index contributed by atoms with van der Waals surface area (Å²) in [6, 6.07) is 0. The summed E-state index contributed by atoms with van der Waals surface area (Å²) >= 11 is 0. The third-order valence-corrected chi connectivity index (χ3v) is 2.36. The van der Waals surface area contributed by atoms with Crippen molar-refractivity contribution >= 4 is 11.8 Å². The molecule has 0 aliphatic carbocycles. The molecule has 0 radical (unpaired) electrons. The van der Waals surface area contributed by atoms with Crippen LogP contribution in [-0.2, 0) is 20.9 Å². The van der Waals surface area contributed by atoms with Crippen molar-refractivity contribution < 1.29 is 14.3 Å². The molecular formula is C11H18N4O3. The molecule has 0 unspecified atom stereocenters. The van der Waals surface area contributed by atoms with E-state index >= 15 is 0 Å². The largest absolute Gasteiger partial charge is 0.383 e. The lowest BCUT2D eigenvalue weighted by molar-refractivity contribution is -0.139. The zero-order valence-electron chi connectivity index (χ0n) is 10.6. The first-order valence-electron chi connectivity index (χ1n) is 5.68. The lowest BCUT2D eigenvalue weighted by Crippen LogP contribution is -2.42. The van der Waals surface area contributed by atoms with Crippen molar-refractivity contribution in [1.29, 1.82) is 0 Å². The van der Waals surface area contributed by atoms with Crippen LogP contribution in [0.4, 0.5) is 0 Å². The van der Waals surface area contributed by atoms with Gasteiger partial charge in [0.2, 0.25) is 0 Å². The van der Waals surface area contributed by atoms with E-state index < -0.39 is 11.8 Å². The molecule has 100 valence electrons. The summed E-state index contributed by atoms with van der Waals surface area (Å²) in [5, 5.41) is 4.98. The summed E-state index contributed by atoms with van der Waals surface area (Å²) in [5.74, 6) is -0.410. The molecule has 0 fully saturated rings. The van der Waals surface area contributed by atoms with Gasteiger partial charge in [-0.3, -0.25) is 9.59 Å². The van der Waals surface area contributed by atoms with Gasteiger partial charge in [0.1, 0.15) is 5.82 Å². The fourth-order valence-electron chi connectivity index (χ4n) is 1.36. The molecule has 0 aliphatic heterocycles. The van der Waals surface area contributed by atoms with E-state index in [1.165, 1.54) is 7.11 Å². The van der Waals surface area contributed by atoms with Crippen molar-refractivity contribution in [3.8, 4) is 0 Å². The maximum absolute atomic E-state index is 11.4. The lowest BCUT2D eigenvalue weighted by atomic mass is 10.5. The normalized spacial score (nSPS) is 10.1. The Bertz CT molecular complexity index is 403. The van der Waals surface area contributed by atoms with Crippen LogP contribution in [0, 0.1) is 6.92 Å². The summed E-state index contributed by atoms with van der Waals surface area (Å²) in [5.41, 5.74) is 0. The first-order chi connectivity index (χ1) is 8.65. The van der Waals surface area contributed by atoms with E-state index in [1.54, 1.807) is 6.20 Å². The Labute approximate surface area is 106 Å². The molecule has 0 aromatic carbocycles. The number of amides is 2. The predicted octanol–water partition coefficient (Wildman–Crippen LogP) is -0.930. The molecule has 2 N–H and O–H groups in total. The summed E-state index contributed by atoms with van der Waals surface area (Å²) in [6.45, 7) is 3.55. The van der Waals surface area contributed by atoms with Crippen LogP contribution < -0.4 is 10.6 Å². The monoisotopic (exact) mass is 254 g/mol. The SMILES string of the molecule is COCCNC(=O)C(=O)NCCn1ccnc1C. The first-order valence-corrected chi connectivity index (χ1v) is 5.68. The maximum Gasteiger partial charge on any atom is 0.309 e. The molecular weight excluding hydrogens is 236 g/mol. The third kappa shape index (κ3) is 4.54. The average Bonchev–Trinajstić information content (AvgIpc) is 2.75. The number of rotatable bonds is 6. The maximum atomic E-state index is 11.4. The van der Waals surface area contributed by atoms with Gasteiger partial charge in [0.15, 0.2) is 0 Å². The minimum atomic E-state index is -0.644. The van der Waals surface area contributed by atoms with E-state index in [0.717, 1.165) is 5.82 Å². The van der Waals surface area contributed by atoms with E-state index in [4.69, 9.17) is 4.74 Å². The number of imidazole rings is 1. The topological polar surface area (TPSA) is 85.2 Å². The molecule has 7 nitrogen and oxygen atoms in total. The molecule has 1 aromatic heterocycles. The molecule has 1 aromatic rings. The molecule has 2 amide bonds. The number of nitrogens with zero attached hydrogens (tertiary/aromatic N) is 2. The van der Waals surface area contributed by atoms with Gasteiger partial charge in [-0.25, -0.2) is 4.98 Å². The number of hydrogen-bond acceptors (Lipinski definition) is 4. The molecule has 0 atom stereocenters. The number of carbonyl (C=O) groups is 2. The average molecular weight is 254 g/mol. The van der Waals surface area contributed by atoms with Gasteiger partial charge < -0.3 is 19.9 Å². The molecule has 7 heteroatoms. The minimum Gasteiger partial charge on any atom is -0.383 e. The second kappa shape index (κ2) is 7.44. The van der Waals surface area contributed by atoms with Crippen molar-refractivity contribution in [2.24, 2.45) is 0 Å². The van der Waals surface area contributed by atoms with Crippen LogP contribution in [0.25, 0.3) is 0 Å². The van der Waals surface area contributed by atoms with E-state index in [1.807, 2.05) is 17.7 Å². The van der Waals surface area contributed by atoms with Gasteiger partial charge in [0, 0.05) is 39.1 Å². The van der Waals surface area contributed by atoms with Gasteiger partial charge in [0.25, 0.3) is 0 Å². The molecule has 0 spiro atoms. The van der Waals surface area contributed by atoms with E-state index in [-0.39, 0.29) is 0 Å². The highest BCUT2D eigenvalue weighted by atomic mass is 16.5. The molecule has 0 bridgehead atoms. The number of ether oxygens (including phenoxy) is 1. The fraction of sp³-hybridized carbons (Fsp3) is 0.545. The summed E-state index contributed by atoms with van der Waals surface area (Å²) < 4.78 is 6.65. The van der Waals surface area contributed by atoms with Crippen molar-refractivity contribution in [2.75, 3.05) is 26.8 Å². The van der Waals surface area contributed by atoms with Crippen LogP contribution >= 0.6 is 0 Å². The van der Waals surface area contributed by atoms with Crippen LogP contribution in [0.3, 0.4) is 0 Å². The van der Waals surface area contributed by atoms with Crippen LogP contribution in [0.15, 0.2) is 12.4 Å². The van der Waals surface area contributed by atoms with E-state index in [0.29, 0.717) is 26.2 Å². The van der Waals surface area contributed by atoms with Crippen molar-refractivity contribution in [1.82, 2.24) is 20.2 Å². The molecule has 1 rings (SSSR count). The van der Waals surface area contributed by atoms with Crippen molar-refractivity contribution in [3.05, 3.63) is 18.2 Å². The highest BCUT2D eigenvalue weighted by molar-refractivity contribution is 6.35. The van der Waals surface area contributed by atoms with Crippen LogP contribution in [0.2, 0.25) is 0 Å². The molecule has 18 heavy (non-hydrogen) atoms. The van der Waals surface area contributed by atoms with Crippen LogP contribution in [0.1, 0.15) is 5.82 Å². The number of aromatic nitrogens is 2. The second-order valence-electron chi connectivity index (χ2n) is 3.67. The Hall–Kier alpha value is -1.89. The van der Waals surface area contributed by atoms with Gasteiger partial charge >= 0.3 is 11.8 Å². The Balaban J connectivity index is 2.20. The molecule has 0 aliphatic rings.